The number of ether oxygens (including phenoxy) is 2. The molecule has 1 atom stereocenters. The first-order valence-electron chi connectivity index (χ1n) is 10.8. The van der Waals surface area contributed by atoms with Gasteiger partial charge in [0.2, 0.25) is 5.91 Å². The average Bonchev–Trinajstić information content (AvgIpc) is 3.40. The van der Waals surface area contributed by atoms with Crippen LogP contribution in [-0.2, 0) is 14.3 Å². The van der Waals surface area contributed by atoms with Crippen molar-refractivity contribution in [2.24, 2.45) is 0 Å². The third-order valence-corrected chi connectivity index (χ3v) is 6.98. The van der Waals surface area contributed by atoms with E-state index in [0.717, 1.165) is 27.6 Å². The molecule has 0 spiro atoms. The molecule has 2 amide bonds. The van der Waals surface area contributed by atoms with Gasteiger partial charge in [0.05, 0.1) is 28.7 Å². The molecule has 2 aromatic heterocycles. The number of thiazole rings is 2. The van der Waals surface area contributed by atoms with Gasteiger partial charge in [-0.25, -0.2) is 14.8 Å². The summed E-state index contributed by atoms with van der Waals surface area (Å²) in [4.78, 5) is 48.6. The molecule has 0 saturated heterocycles. The second-order valence-corrected chi connectivity index (χ2v) is 9.64. The number of aromatic nitrogens is 2. The number of nitrogens with one attached hydrogen (secondary N) is 1. The van der Waals surface area contributed by atoms with Gasteiger partial charge in [-0.05, 0) is 45.4 Å². The summed E-state index contributed by atoms with van der Waals surface area (Å²) in [7, 11) is 0. The predicted octanol–water partition coefficient (Wildman–Crippen LogP) is 4.20. The molecule has 0 aliphatic carbocycles. The number of esters is 1. The number of benzene rings is 1. The molecule has 0 saturated carbocycles. The molecule has 178 valence electrons. The van der Waals surface area contributed by atoms with Gasteiger partial charge in [-0.3, -0.25) is 14.5 Å². The van der Waals surface area contributed by atoms with Crippen LogP contribution >= 0.6 is 22.7 Å². The maximum atomic E-state index is 13.1. The first-order chi connectivity index (χ1) is 16.3. The molecule has 9 nitrogen and oxygen atoms in total. The number of amides is 2. The van der Waals surface area contributed by atoms with Gasteiger partial charge in [-0.2, -0.15) is 0 Å². The molecule has 3 aromatic rings. The Morgan fingerprint density at radius 2 is 2.03 bits per heavy atom. The normalized spacial score (nSPS) is 15.0. The van der Waals surface area contributed by atoms with Crippen molar-refractivity contribution < 1.29 is 23.9 Å². The average molecular weight is 501 g/mol. The number of rotatable bonds is 7. The van der Waals surface area contributed by atoms with E-state index in [1.54, 1.807) is 19.9 Å². The van der Waals surface area contributed by atoms with Crippen LogP contribution in [0.2, 0.25) is 0 Å². The number of carbonyl (C=O) groups is 3. The molecule has 11 heteroatoms. The largest absolute Gasteiger partial charge is 0.478 e. The van der Waals surface area contributed by atoms with E-state index in [0.29, 0.717) is 28.4 Å². The number of carbonyl (C=O) groups excluding carboxylic acids is 3. The molecule has 0 fully saturated rings. The van der Waals surface area contributed by atoms with E-state index in [1.807, 2.05) is 31.4 Å². The van der Waals surface area contributed by atoms with Crippen LogP contribution in [0.5, 0.6) is 5.75 Å². The summed E-state index contributed by atoms with van der Waals surface area (Å²) in [6.07, 6.45) is -0.206. The quantitative estimate of drug-likeness (QED) is 0.484. The van der Waals surface area contributed by atoms with E-state index in [9.17, 15) is 14.4 Å². The third kappa shape index (κ3) is 4.80. The van der Waals surface area contributed by atoms with Crippen LogP contribution in [0.25, 0.3) is 11.3 Å². The maximum Gasteiger partial charge on any atom is 0.350 e. The summed E-state index contributed by atoms with van der Waals surface area (Å²) in [6.45, 7) is 7.20. The summed E-state index contributed by atoms with van der Waals surface area (Å²) in [5.41, 5.74) is 2.61. The minimum Gasteiger partial charge on any atom is -0.478 e. The first-order valence-corrected chi connectivity index (χ1v) is 12.5. The van der Waals surface area contributed by atoms with Crippen molar-refractivity contribution in [1.82, 2.24) is 9.97 Å². The minimum atomic E-state index is -0.676. The van der Waals surface area contributed by atoms with Crippen molar-refractivity contribution in [2.45, 2.75) is 40.2 Å². The van der Waals surface area contributed by atoms with Crippen LogP contribution in [0.15, 0.2) is 23.6 Å². The Labute approximate surface area is 204 Å². The standard InChI is InChI=1S/C23H24N4O5S2/c1-5-17-21(29)27(10-19(28)26-23-24-12(3)20(34-23)22(30)31-6-2)16-9-14(7-8-18(16)32-17)15-11-33-13(4)25-15/h7-9,11,17H,5-6,10H2,1-4H3,(H,24,26,28). The number of hydrogen-bond acceptors (Lipinski definition) is 9. The number of hydrogen-bond donors (Lipinski definition) is 1. The summed E-state index contributed by atoms with van der Waals surface area (Å²) in [5.74, 6) is -0.676. The van der Waals surface area contributed by atoms with E-state index >= 15 is 0 Å². The van der Waals surface area contributed by atoms with Gasteiger partial charge < -0.3 is 14.8 Å². The van der Waals surface area contributed by atoms with Crippen molar-refractivity contribution in [3.63, 3.8) is 0 Å². The van der Waals surface area contributed by atoms with Gasteiger partial charge >= 0.3 is 5.97 Å². The van der Waals surface area contributed by atoms with Crippen LogP contribution in [0.1, 0.15) is 40.6 Å². The fourth-order valence-electron chi connectivity index (χ4n) is 3.54. The highest BCUT2D eigenvalue weighted by atomic mass is 32.1. The number of nitrogens with zero attached hydrogens (tertiary/aromatic N) is 3. The lowest BCUT2D eigenvalue weighted by molar-refractivity contribution is -0.128. The number of fused-ring (bicyclic) bond motifs is 1. The summed E-state index contributed by atoms with van der Waals surface area (Å²) in [6, 6.07) is 5.51. The molecule has 1 unspecified atom stereocenters. The van der Waals surface area contributed by atoms with Crippen LogP contribution in [0.4, 0.5) is 10.8 Å². The van der Waals surface area contributed by atoms with E-state index in [2.05, 4.69) is 15.3 Å². The lowest BCUT2D eigenvalue weighted by Crippen LogP contribution is -2.48. The van der Waals surface area contributed by atoms with Crippen molar-refractivity contribution in [3.05, 3.63) is 39.2 Å². The Bertz CT molecular complexity index is 1250. The second kappa shape index (κ2) is 9.90. The van der Waals surface area contributed by atoms with Gasteiger partial charge in [0, 0.05) is 10.9 Å². The van der Waals surface area contributed by atoms with Crippen LogP contribution < -0.4 is 15.0 Å². The van der Waals surface area contributed by atoms with Gasteiger partial charge in [-0.1, -0.05) is 18.3 Å². The maximum absolute atomic E-state index is 13.1. The number of anilines is 2. The first kappa shape index (κ1) is 23.8. The fraction of sp³-hybridized carbons (Fsp3) is 0.348. The third-order valence-electron chi connectivity index (χ3n) is 5.15. The highest BCUT2D eigenvalue weighted by molar-refractivity contribution is 7.17. The molecule has 3 heterocycles. The molecular formula is C23H24N4O5S2. The zero-order chi connectivity index (χ0) is 24.4. The van der Waals surface area contributed by atoms with Gasteiger partial charge in [-0.15, -0.1) is 11.3 Å². The second-order valence-electron chi connectivity index (χ2n) is 7.58. The summed E-state index contributed by atoms with van der Waals surface area (Å²) < 4.78 is 10.9. The summed E-state index contributed by atoms with van der Waals surface area (Å²) >= 11 is 2.57. The molecule has 1 aliphatic rings. The molecule has 1 aromatic carbocycles. The highest BCUT2D eigenvalue weighted by Crippen LogP contribution is 2.38. The van der Waals surface area contributed by atoms with Crippen LogP contribution in [0.3, 0.4) is 0 Å². The lowest BCUT2D eigenvalue weighted by atomic mass is 10.1. The van der Waals surface area contributed by atoms with Crippen molar-refractivity contribution >= 4 is 51.3 Å². The Morgan fingerprint density at radius 1 is 1.24 bits per heavy atom. The molecule has 0 bridgehead atoms. The zero-order valence-corrected chi connectivity index (χ0v) is 20.8. The van der Waals surface area contributed by atoms with E-state index in [1.165, 1.54) is 16.2 Å². The Balaban J connectivity index is 1.58. The van der Waals surface area contributed by atoms with E-state index in [4.69, 9.17) is 9.47 Å². The molecule has 1 N–H and O–H groups in total. The molecule has 1 aliphatic heterocycles. The highest BCUT2D eigenvalue weighted by Gasteiger charge is 2.35. The van der Waals surface area contributed by atoms with Gasteiger partial charge in [0.1, 0.15) is 17.2 Å². The lowest BCUT2D eigenvalue weighted by Gasteiger charge is -2.33. The Morgan fingerprint density at radius 3 is 2.71 bits per heavy atom. The molecule has 0 radical (unpaired) electrons. The van der Waals surface area contributed by atoms with E-state index in [-0.39, 0.29) is 24.2 Å². The Kier molecular flexibility index (Phi) is 6.94. The number of aryl methyl sites for hydroxylation is 2. The van der Waals surface area contributed by atoms with Gasteiger partial charge in [0.25, 0.3) is 5.91 Å². The predicted molar refractivity (Wildman–Crippen MR) is 131 cm³/mol. The van der Waals surface area contributed by atoms with Crippen LogP contribution in [0, 0.1) is 13.8 Å². The van der Waals surface area contributed by atoms with Gasteiger partial charge in [0.15, 0.2) is 11.2 Å². The summed E-state index contributed by atoms with van der Waals surface area (Å²) in [5, 5.41) is 5.84. The van der Waals surface area contributed by atoms with Crippen molar-refractivity contribution in [1.29, 1.82) is 0 Å². The fourth-order valence-corrected chi connectivity index (χ4v) is 5.04. The SMILES string of the molecule is CCOC(=O)c1sc(NC(=O)CN2C(=O)C(CC)Oc3ccc(-c4csc(C)n4)cc32)nc1C. The smallest absolute Gasteiger partial charge is 0.350 e. The van der Waals surface area contributed by atoms with E-state index < -0.39 is 18.0 Å². The zero-order valence-electron chi connectivity index (χ0n) is 19.2. The van der Waals surface area contributed by atoms with Crippen molar-refractivity contribution in [2.75, 3.05) is 23.4 Å². The topological polar surface area (TPSA) is 111 Å². The van der Waals surface area contributed by atoms with Crippen LogP contribution in [-0.4, -0.2) is 47.0 Å². The molecular weight excluding hydrogens is 476 g/mol. The minimum absolute atomic E-state index is 0.224. The monoisotopic (exact) mass is 500 g/mol. The van der Waals surface area contributed by atoms with Crippen molar-refractivity contribution in [3.8, 4) is 17.0 Å². The molecule has 34 heavy (non-hydrogen) atoms. The Hall–Kier alpha value is -3.31. The molecule has 4 rings (SSSR count).